The first-order valence-electron chi connectivity index (χ1n) is 8.21. The lowest BCUT2D eigenvalue weighted by atomic mass is 10.0. The first kappa shape index (κ1) is 14.9. The zero-order chi connectivity index (χ0) is 15.6. The van der Waals surface area contributed by atoms with E-state index in [1.165, 1.54) is 12.8 Å². The van der Waals surface area contributed by atoms with Crippen LogP contribution < -0.4 is 14.8 Å². The molecule has 2 aliphatic heterocycles. The van der Waals surface area contributed by atoms with Gasteiger partial charge in [-0.3, -0.25) is 0 Å². The van der Waals surface area contributed by atoms with Gasteiger partial charge in [0.1, 0.15) is 23.4 Å². The minimum absolute atomic E-state index is 0.234. The third-order valence-electron chi connectivity index (χ3n) is 4.61. The Hall–Kier alpha value is -1.71. The van der Waals surface area contributed by atoms with Crippen LogP contribution in [0, 0.1) is 0 Å². The van der Waals surface area contributed by atoms with Gasteiger partial charge in [-0.2, -0.15) is 0 Å². The summed E-state index contributed by atoms with van der Waals surface area (Å²) in [7, 11) is 0. The lowest BCUT2D eigenvalue weighted by molar-refractivity contribution is 0.137. The predicted molar refractivity (Wildman–Crippen MR) is 91.6 cm³/mol. The van der Waals surface area contributed by atoms with Gasteiger partial charge in [-0.05, 0) is 49.9 Å². The zero-order valence-corrected chi connectivity index (χ0v) is 13.6. The third-order valence-corrected chi connectivity index (χ3v) is 4.92. The second-order valence-corrected chi connectivity index (χ2v) is 6.76. The second kappa shape index (κ2) is 6.42. The van der Waals surface area contributed by atoms with Crippen LogP contribution >= 0.6 is 11.6 Å². The Morgan fingerprint density at radius 3 is 2.39 bits per heavy atom. The highest BCUT2D eigenvalue weighted by atomic mass is 35.5. The SMILES string of the molecule is Clc1ccc(Oc2ccccc2)cc1OC1C[C@H]2CC[C@@H](C1)N2. The van der Waals surface area contributed by atoms with Crippen LogP contribution in [0.1, 0.15) is 25.7 Å². The van der Waals surface area contributed by atoms with Crippen molar-refractivity contribution in [2.24, 2.45) is 0 Å². The molecule has 2 aromatic rings. The van der Waals surface area contributed by atoms with Gasteiger partial charge in [-0.25, -0.2) is 0 Å². The molecule has 120 valence electrons. The summed E-state index contributed by atoms with van der Waals surface area (Å²) in [4.78, 5) is 0. The molecule has 3 nitrogen and oxygen atoms in total. The van der Waals surface area contributed by atoms with E-state index >= 15 is 0 Å². The smallest absolute Gasteiger partial charge is 0.142 e. The van der Waals surface area contributed by atoms with Gasteiger partial charge in [0.15, 0.2) is 0 Å². The lowest BCUT2D eigenvalue weighted by Gasteiger charge is -2.29. The van der Waals surface area contributed by atoms with Gasteiger partial charge < -0.3 is 14.8 Å². The summed E-state index contributed by atoms with van der Waals surface area (Å²) in [5.41, 5.74) is 0. The molecule has 23 heavy (non-hydrogen) atoms. The largest absolute Gasteiger partial charge is 0.489 e. The van der Waals surface area contributed by atoms with E-state index in [0.717, 1.165) is 24.3 Å². The normalized spacial score (nSPS) is 26.0. The van der Waals surface area contributed by atoms with Gasteiger partial charge in [-0.15, -0.1) is 0 Å². The van der Waals surface area contributed by atoms with Crippen molar-refractivity contribution in [1.82, 2.24) is 5.32 Å². The molecule has 0 amide bonds. The monoisotopic (exact) mass is 329 g/mol. The van der Waals surface area contributed by atoms with Crippen LogP contribution in [-0.2, 0) is 0 Å². The number of para-hydroxylation sites is 1. The summed E-state index contributed by atoms with van der Waals surface area (Å²) in [5, 5.41) is 4.26. The highest BCUT2D eigenvalue weighted by Gasteiger charge is 2.34. The Kier molecular flexibility index (Phi) is 4.15. The molecule has 1 N–H and O–H groups in total. The molecule has 1 unspecified atom stereocenters. The van der Waals surface area contributed by atoms with E-state index in [1.807, 2.05) is 48.5 Å². The summed E-state index contributed by atoms with van der Waals surface area (Å²) < 4.78 is 12.1. The van der Waals surface area contributed by atoms with E-state index in [2.05, 4.69) is 5.32 Å². The van der Waals surface area contributed by atoms with Crippen LogP contribution in [0.15, 0.2) is 48.5 Å². The third kappa shape index (κ3) is 3.46. The number of fused-ring (bicyclic) bond motifs is 2. The Morgan fingerprint density at radius 1 is 0.913 bits per heavy atom. The van der Waals surface area contributed by atoms with E-state index in [9.17, 15) is 0 Å². The molecule has 0 aliphatic carbocycles. The number of hydrogen-bond donors (Lipinski definition) is 1. The fourth-order valence-corrected chi connectivity index (χ4v) is 3.71. The molecule has 2 aliphatic rings. The lowest BCUT2D eigenvalue weighted by Crippen LogP contribution is -2.42. The average Bonchev–Trinajstić information content (AvgIpc) is 2.90. The van der Waals surface area contributed by atoms with Gasteiger partial charge in [0.25, 0.3) is 0 Å². The van der Waals surface area contributed by atoms with E-state index in [4.69, 9.17) is 21.1 Å². The van der Waals surface area contributed by atoms with Crippen molar-refractivity contribution in [3.63, 3.8) is 0 Å². The van der Waals surface area contributed by atoms with Crippen molar-refractivity contribution >= 4 is 11.6 Å². The summed E-state index contributed by atoms with van der Waals surface area (Å²) in [5.74, 6) is 2.26. The average molecular weight is 330 g/mol. The summed E-state index contributed by atoms with van der Waals surface area (Å²) in [6, 6.07) is 16.5. The maximum atomic E-state index is 6.31. The molecule has 2 bridgehead atoms. The van der Waals surface area contributed by atoms with Crippen LogP contribution in [0.3, 0.4) is 0 Å². The van der Waals surface area contributed by atoms with Crippen molar-refractivity contribution in [3.8, 4) is 17.2 Å². The molecule has 0 spiro atoms. The highest BCUT2D eigenvalue weighted by molar-refractivity contribution is 6.32. The maximum Gasteiger partial charge on any atom is 0.142 e. The molecule has 0 aromatic heterocycles. The number of benzene rings is 2. The zero-order valence-electron chi connectivity index (χ0n) is 12.9. The molecule has 4 heteroatoms. The number of rotatable bonds is 4. The fourth-order valence-electron chi connectivity index (χ4n) is 3.54. The van der Waals surface area contributed by atoms with Gasteiger partial charge in [0.2, 0.25) is 0 Å². The fraction of sp³-hybridized carbons (Fsp3) is 0.368. The van der Waals surface area contributed by atoms with Crippen molar-refractivity contribution in [2.75, 3.05) is 0 Å². The van der Waals surface area contributed by atoms with E-state index in [0.29, 0.717) is 22.9 Å². The second-order valence-electron chi connectivity index (χ2n) is 6.36. The van der Waals surface area contributed by atoms with Crippen molar-refractivity contribution in [3.05, 3.63) is 53.6 Å². The number of ether oxygens (including phenoxy) is 2. The molecule has 2 fully saturated rings. The van der Waals surface area contributed by atoms with Gasteiger partial charge in [0, 0.05) is 18.2 Å². The molecule has 0 radical (unpaired) electrons. The van der Waals surface area contributed by atoms with Gasteiger partial charge in [-0.1, -0.05) is 29.8 Å². The highest BCUT2D eigenvalue weighted by Crippen LogP contribution is 2.35. The summed E-state index contributed by atoms with van der Waals surface area (Å²) in [6.07, 6.45) is 4.86. The van der Waals surface area contributed by atoms with Crippen molar-refractivity contribution in [2.45, 2.75) is 43.9 Å². The predicted octanol–water partition coefficient (Wildman–Crippen LogP) is 4.79. The van der Waals surface area contributed by atoms with Gasteiger partial charge in [0.05, 0.1) is 5.02 Å². The maximum absolute atomic E-state index is 6.31. The van der Waals surface area contributed by atoms with E-state index in [1.54, 1.807) is 0 Å². The number of halogens is 1. The Balaban J connectivity index is 1.48. The molecular weight excluding hydrogens is 310 g/mol. The molecular formula is C19H20ClNO2. The Labute approximate surface area is 141 Å². The Bertz CT molecular complexity index is 664. The van der Waals surface area contributed by atoms with Crippen molar-refractivity contribution in [1.29, 1.82) is 0 Å². The van der Waals surface area contributed by atoms with Crippen LogP contribution in [0.25, 0.3) is 0 Å². The molecule has 0 saturated carbocycles. The van der Waals surface area contributed by atoms with Crippen LogP contribution in [-0.4, -0.2) is 18.2 Å². The first-order chi connectivity index (χ1) is 11.3. The van der Waals surface area contributed by atoms with Crippen LogP contribution in [0.2, 0.25) is 5.02 Å². The standard InChI is InChI=1S/C19H20ClNO2/c20-18-9-8-16(22-15-4-2-1-3-5-15)12-19(18)23-17-10-13-6-7-14(11-17)21-13/h1-5,8-9,12-14,17,21H,6-7,10-11H2/t13-,14+,17?. The van der Waals surface area contributed by atoms with Crippen LogP contribution in [0.4, 0.5) is 0 Å². The molecule has 4 rings (SSSR count). The summed E-state index contributed by atoms with van der Waals surface area (Å²) in [6.45, 7) is 0. The quantitative estimate of drug-likeness (QED) is 0.874. The number of nitrogens with one attached hydrogen (secondary N) is 1. The molecule has 2 aromatic carbocycles. The first-order valence-corrected chi connectivity index (χ1v) is 8.59. The van der Waals surface area contributed by atoms with Crippen molar-refractivity contribution < 1.29 is 9.47 Å². The molecule has 2 saturated heterocycles. The summed E-state index contributed by atoms with van der Waals surface area (Å²) >= 11 is 6.31. The van der Waals surface area contributed by atoms with Crippen LogP contribution in [0.5, 0.6) is 17.2 Å². The van der Waals surface area contributed by atoms with E-state index < -0.39 is 0 Å². The number of piperidine rings is 1. The minimum Gasteiger partial charge on any atom is -0.489 e. The molecule has 2 heterocycles. The molecule has 3 atom stereocenters. The minimum atomic E-state index is 0.234. The van der Waals surface area contributed by atoms with Gasteiger partial charge >= 0.3 is 0 Å². The van der Waals surface area contributed by atoms with E-state index in [-0.39, 0.29) is 6.10 Å². The topological polar surface area (TPSA) is 30.5 Å². The number of hydrogen-bond acceptors (Lipinski definition) is 3. The Morgan fingerprint density at radius 2 is 1.65 bits per heavy atom.